The number of aromatic amines is 1. The Morgan fingerprint density at radius 2 is 2.00 bits per heavy atom. The van der Waals surface area contributed by atoms with Crippen molar-refractivity contribution < 1.29 is 36.9 Å². The van der Waals surface area contributed by atoms with Crippen LogP contribution in [-0.2, 0) is 36.9 Å². The molecule has 0 spiro atoms. The first-order valence-corrected chi connectivity index (χ1v) is 14.0. The molecule has 3 heterocycles. The minimum Gasteiger partial charge on any atom is -0.374 e. The molecule has 1 N–H and O–H groups in total. The number of H-pyrrole nitrogens is 1. The maximum atomic E-state index is 12.9. The molecule has 0 saturated carbocycles. The monoisotopic (exact) mass is 550 g/mol. The van der Waals surface area contributed by atoms with E-state index >= 15 is 0 Å². The zero-order chi connectivity index (χ0) is 26.7. The van der Waals surface area contributed by atoms with Crippen LogP contribution in [0, 0.1) is 11.3 Å². The topological polar surface area (TPSA) is 164 Å². The lowest BCUT2D eigenvalue weighted by Gasteiger charge is -2.51. The molecule has 6 atom stereocenters. The van der Waals surface area contributed by atoms with Gasteiger partial charge in [0.15, 0.2) is 18.7 Å². The lowest BCUT2D eigenvalue weighted by molar-refractivity contribution is -0.290. The van der Waals surface area contributed by atoms with Crippen molar-refractivity contribution in [3.8, 4) is 6.07 Å². The Labute approximate surface area is 209 Å². The molecule has 14 nitrogen and oxygen atoms in total. The molecule has 2 fully saturated rings. The molecule has 0 radical (unpaired) electrons. The van der Waals surface area contributed by atoms with E-state index in [9.17, 15) is 14.2 Å². The number of hydrogen-bond donors (Lipinski definition) is 1. The second-order valence-corrected chi connectivity index (χ2v) is 12.0. The molecule has 2 aliphatic heterocycles. The van der Waals surface area contributed by atoms with Crippen molar-refractivity contribution in [3.63, 3.8) is 0 Å². The summed E-state index contributed by atoms with van der Waals surface area (Å²) < 4.78 is 56.7. The van der Waals surface area contributed by atoms with Gasteiger partial charge in [0.25, 0.3) is 14.1 Å². The van der Waals surface area contributed by atoms with E-state index in [1.807, 2.05) is 31.5 Å². The predicted octanol–water partition coefficient (Wildman–Crippen LogP) is 1.89. The van der Waals surface area contributed by atoms with Crippen LogP contribution in [-0.4, -0.2) is 78.6 Å². The van der Waals surface area contributed by atoms with Crippen molar-refractivity contribution in [2.45, 2.75) is 63.5 Å². The van der Waals surface area contributed by atoms with Crippen molar-refractivity contribution >= 4 is 16.1 Å². The average molecular weight is 550 g/mol. The van der Waals surface area contributed by atoms with Crippen LogP contribution in [0.1, 0.15) is 33.4 Å². The second kappa shape index (κ2) is 11.9. The Kier molecular flexibility index (Phi) is 9.63. The smallest absolute Gasteiger partial charge is 0.355 e. The summed E-state index contributed by atoms with van der Waals surface area (Å²) in [5, 5.41) is 8.95. The normalized spacial score (nSPS) is 30.9. The van der Waals surface area contributed by atoms with Gasteiger partial charge in [0.2, 0.25) is 5.79 Å². The van der Waals surface area contributed by atoms with Crippen LogP contribution in [0.2, 0.25) is 0 Å². The Hall–Kier alpha value is -1.49. The summed E-state index contributed by atoms with van der Waals surface area (Å²) in [6.07, 6.45) is -1.98. The number of nitrogens with zero attached hydrogens (tertiary/aromatic N) is 3. The number of ether oxygens (including phenoxy) is 3. The van der Waals surface area contributed by atoms with Crippen molar-refractivity contribution in [2.75, 3.05) is 34.3 Å². The molecular formula is C20H32N4O10P2. The number of rotatable bonds is 11. The maximum Gasteiger partial charge on any atom is 0.355 e. The molecule has 0 aliphatic carbocycles. The number of fused-ring (bicyclic) bond motifs is 1. The second-order valence-electron chi connectivity index (χ2n) is 8.35. The van der Waals surface area contributed by atoms with Gasteiger partial charge in [-0.25, -0.2) is 9.46 Å². The van der Waals surface area contributed by atoms with E-state index in [2.05, 4.69) is 4.98 Å². The molecule has 36 heavy (non-hydrogen) atoms. The molecule has 4 unspecified atom stereocenters. The molecule has 1 aromatic rings. The van der Waals surface area contributed by atoms with Gasteiger partial charge in [0.1, 0.15) is 6.10 Å². The van der Waals surface area contributed by atoms with Gasteiger partial charge in [-0.2, -0.15) is 5.26 Å². The van der Waals surface area contributed by atoms with Crippen LogP contribution in [0.15, 0.2) is 21.9 Å². The summed E-state index contributed by atoms with van der Waals surface area (Å²) in [4.78, 5) is 26.5. The molecule has 0 bridgehead atoms. The third kappa shape index (κ3) is 5.51. The largest absolute Gasteiger partial charge is 0.374 e. The van der Waals surface area contributed by atoms with Crippen LogP contribution in [0.4, 0.5) is 0 Å². The van der Waals surface area contributed by atoms with E-state index in [1.165, 1.54) is 38.2 Å². The van der Waals surface area contributed by atoms with Gasteiger partial charge in [-0.3, -0.25) is 18.9 Å². The zero-order valence-corrected chi connectivity index (χ0v) is 22.8. The van der Waals surface area contributed by atoms with Crippen molar-refractivity contribution in [2.24, 2.45) is 0 Å². The highest BCUT2D eigenvalue weighted by molar-refractivity contribution is 7.53. The quantitative estimate of drug-likeness (QED) is 0.315. The number of nitrogens with one attached hydrogen (secondary N) is 1. The summed E-state index contributed by atoms with van der Waals surface area (Å²) in [6.45, 7) is 5.83. The Bertz CT molecular complexity index is 1100. The van der Waals surface area contributed by atoms with E-state index in [0.29, 0.717) is 0 Å². The number of nitriles is 1. The highest BCUT2D eigenvalue weighted by atomic mass is 31.2. The van der Waals surface area contributed by atoms with Gasteiger partial charge in [-0.15, -0.1) is 0 Å². The minimum absolute atomic E-state index is 0.120. The predicted molar refractivity (Wildman–Crippen MR) is 127 cm³/mol. The van der Waals surface area contributed by atoms with Crippen molar-refractivity contribution in [3.05, 3.63) is 33.1 Å². The van der Waals surface area contributed by atoms with Gasteiger partial charge in [-0.1, -0.05) is 0 Å². The lowest BCUT2D eigenvalue weighted by Crippen LogP contribution is -2.63. The summed E-state index contributed by atoms with van der Waals surface area (Å²) in [6, 6.07) is 2.52. The standard InChI is InChI=1S/C20H32N4O10P2/c1-13(2)24-14(3)20(31-12-36(27,29-5)30-6)17(34-35(24)32-11-7-9-21)16(28-4)18(33-20)23-10-8-15(25)22-19(23)26/h8,10,13-14,16-18H,7,11-12H2,1-6H3,(H,22,25,26)/t14?,16?,17?,18-,20+,35?/m1/s1. The fraction of sp³-hybridized carbons (Fsp3) is 0.750. The molecule has 16 heteroatoms. The Morgan fingerprint density at radius 3 is 2.56 bits per heavy atom. The third-order valence-electron chi connectivity index (χ3n) is 6.00. The van der Waals surface area contributed by atoms with Crippen molar-refractivity contribution in [1.82, 2.24) is 14.2 Å². The number of hydrogen-bond acceptors (Lipinski definition) is 12. The molecule has 0 amide bonds. The summed E-state index contributed by atoms with van der Waals surface area (Å²) >= 11 is 0. The lowest BCUT2D eigenvalue weighted by atomic mass is 9.99. The molecule has 2 saturated heterocycles. The summed E-state index contributed by atoms with van der Waals surface area (Å²) in [5.74, 6) is -1.62. The molecule has 3 rings (SSSR count). The van der Waals surface area contributed by atoms with Gasteiger partial charge < -0.3 is 32.3 Å². The van der Waals surface area contributed by atoms with Crippen LogP contribution < -0.4 is 11.2 Å². The highest BCUT2D eigenvalue weighted by Crippen LogP contribution is 2.61. The third-order valence-corrected chi connectivity index (χ3v) is 9.55. The van der Waals surface area contributed by atoms with Crippen LogP contribution in [0.5, 0.6) is 0 Å². The fourth-order valence-corrected chi connectivity index (χ4v) is 6.78. The number of aromatic nitrogens is 2. The minimum atomic E-state index is -3.64. The van der Waals surface area contributed by atoms with Gasteiger partial charge in [-0.05, 0) is 20.8 Å². The summed E-state index contributed by atoms with van der Waals surface area (Å²) in [7, 11) is -1.44. The molecular weight excluding hydrogens is 518 g/mol. The van der Waals surface area contributed by atoms with Crippen molar-refractivity contribution in [1.29, 1.82) is 5.26 Å². The highest BCUT2D eigenvalue weighted by Gasteiger charge is 2.67. The zero-order valence-electron chi connectivity index (χ0n) is 21.0. The molecule has 202 valence electrons. The first-order chi connectivity index (χ1) is 17.1. The van der Waals surface area contributed by atoms with Gasteiger partial charge in [0, 0.05) is 39.6 Å². The average Bonchev–Trinajstić information content (AvgIpc) is 3.17. The first kappa shape index (κ1) is 29.1. The van der Waals surface area contributed by atoms with E-state index in [1.54, 1.807) is 0 Å². The maximum absolute atomic E-state index is 12.9. The van der Waals surface area contributed by atoms with Crippen LogP contribution in [0.3, 0.4) is 0 Å². The van der Waals surface area contributed by atoms with E-state index in [4.69, 9.17) is 37.6 Å². The Morgan fingerprint density at radius 1 is 1.31 bits per heavy atom. The van der Waals surface area contributed by atoms with E-state index < -0.39 is 64.0 Å². The van der Waals surface area contributed by atoms with Crippen LogP contribution >= 0.6 is 16.1 Å². The van der Waals surface area contributed by atoms with Gasteiger partial charge in [0.05, 0.1) is 25.1 Å². The van der Waals surface area contributed by atoms with E-state index in [0.717, 1.165) is 0 Å². The van der Waals surface area contributed by atoms with Gasteiger partial charge >= 0.3 is 13.3 Å². The molecule has 0 aromatic carbocycles. The Balaban J connectivity index is 2.10. The first-order valence-electron chi connectivity index (χ1n) is 11.2. The summed E-state index contributed by atoms with van der Waals surface area (Å²) in [5.41, 5.74) is -1.29. The molecule has 2 aliphatic rings. The van der Waals surface area contributed by atoms with E-state index in [-0.39, 0.29) is 19.1 Å². The van der Waals surface area contributed by atoms with Crippen LogP contribution in [0.25, 0.3) is 0 Å². The SMILES string of the molecule is COC1C2OP(OCCC#N)N(C(C)C)C(C)[C@]2(OCP(=O)(OC)OC)O[C@H]1n1ccc(=O)[nH]c1=O. The molecule has 1 aromatic heterocycles. The number of methoxy groups -OCH3 is 1. The fourth-order valence-electron chi connectivity index (χ4n) is 4.23.